The average molecular weight is 291 g/mol. The highest BCUT2D eigenvalue weighted by atomic mass is 32.1. The molecule has 106 valence electrons. The number of thiophene rings is 1. The lowest BCUT2D eigenvalue weighted by Crippen LogP contribution is -2.10. The zero-order valence-corrected chi connectivity index (χ0v) is 12.8. The Morgan fingerprint density at radius 1 is 1.10 bits per heavy atom. The molecule has 20 heavy (non-hydrogen) atoms. The van der Waals surface area contributed by atoms with Crippen molar-refractivity contribution in [3.63, 3.8) is 0 Å². The number of nitrogens with one attached hydrogen (secondary N) is 1. The maximum absolute atomic E-state index is 12.2. The SMILES string of the molecule is COc1ccc(NC(=O)c2cc(C)c(C)s2)cc1OC. The van der Waals surface area contributed by atoms with Crippen LogP contribution in [0.3, 0.4) is 0 Å². The normalized spacial score (nSPS) is 10.2. The minimum atomic E-state index is -0.113. The van der Waals surface area contributed by atoms with E-state index in [2.05, 4.69) is 5.32 Å². The smallest absolute Gasteiger partial charge is 0.265 e. The van der Waals surface area contributed by atoms with Crippen molar-refractivity contribution in [2.75, 3.05) is 19.5 Å². The van der Waals surface area contributed by atoms with Crippen molar-refractivity contribution in [1.29, 1.82) is 0 Å². The van der Waals surface area contributed by atoms with Crippen LogP contribution < -0.4 is 14.8 Å². The summed E-state index contributed by atoms with van der Waals surface area (Å²) in [6, 6.07) is 7.19. The van der Waals surface area contributed by atoms with Crippen LogP contribution in [0, 0.1) is 13.8 Å². The van der Waals surface area contributed by atoms with Gasteiger partial charge in [-0.1, -0.05) is 0 Å². The van der Waals surface area contributed by atoms with Crippen LogP contribution in [0.1, 0.15) is 20.1 Å². The minimum Gasteiger partial charge on any atom is -0.493 e. The molecule has 0 spiro atoms. The van der Waals surface area contributed by atoms with Gasteiger partial charge >= 0.3 is 0 Å². The van der Waals surface area contributed by atoms with Crippen molar-refractivity contribution in [3.05, 3.63) is 39.6 Å². The largest absolute Gasteiger partial charge is 0.493 e. The first kappa shape index (κ1) is 14.4. The van der Waals surface area contributed by atoms with Crippen molar-refractivity contribution in [3.8, 4) is 11.5 Å². The Bertz CT molecular complexity index is 615. The molecule has 5 heteroatoms. The molecule has 1 aromatic heterocycles. The molecule has 0 radical (unpaired) electrons. The molecule has 0 aliphatic rings. The summed E-state index contributed by atoms with van der Waals surface area (Å²) in [5, 5.41) is 2.86. The number of carbonyl (C=O) groups excluding carboxylic acids is 1. The number of aryl methyl sites for hydroxylation is 2. The molecule has 0 atom stereocenters. The summed E-state index contributed by atoms with van der Waals surface area (Å²) >= 11 is 1.49. The molecule has 1 amide bonds. The lowest BCUT2D eigenvalue weighted by Gasteiger charge is -2.10. The molecule has 0 aliphatic carbocycles. The van der Waals surface area contributed by atoms with Crippen molar-refractivity contribution in [2.24, 2.45) is 0 Å². The van der Waals surface area contributed by atoms with Crippen LogP contribution in [0.25, 0.3) is 0 Å². The van der Waals surface area contributed by atoms with Gasteiger partial charge in [0, 0.05) is 16.6 Å². The van der Waals surface area contributed by atoms with Crippen LogP contribution in [0.5, 0.6) is 11.5 Å². The Morgan fingerprint density at radius 3 is 2.35 bits per heavy atom. The lowest BCUT2D eigenvalue weighted by molar-refractivity contribution is 0.103. The fraction of sp³-hybridized carbons (Fsp3) is 0.267. The predicted octanol–water partition coefficient (Wildman–Crippen LogP) is 3.63. The highest BCUT2D eigenvalue weighted by Gasteiger charge is 2.12. The third-order valence-corrected chi connectivity index (χ3v) is 4.18. The van der Waals surface area contributed by atoms with Gasteiger partial charge in [-0.3, -0.25) is 4.79 Å². The third-order valence-electron chi connectivity index (χ3n) is 3.03. The molecule has 1 aromatic carbocycles. The Kier molecular flexibility index (Phi) is 4.29. The fourth-order valence-electron chi connectivity index (χ4n) is 1.79. The second kappa shape index (κ2) is 5.96. The van der Waals surface area contributed by atoms with Crippen molar-refractivity contribution in [1.82, 2.24) is 0 Å². The highest BCUT2D eigenvalue weighted by Crippen LogP contribution is 2.30. The number of benzene rings is 1. The van der Waals surface area contributed by atoms with Gasteiger partial charge in [-0.25, -0.2) is 0 Å². The molecule has 2 aromatic rings. The number of carbonyl (C=O) groups is 1. The van der Waals surface area contributed by atoms with E-state index in [4.69, 9.17) is 9.47 Å². The second-order valence-corrected chi connectivity index (χ2v) is 5.63. The molecular weight excluding hydrogens is 274 g/mol. The first-order valence-electron chi connectivity index (χ1n) is 6.15. The van der Waals surface area contributed by atoms with E-state index in [1.807, 2.05) is 19.9 Å². The summed E-state index contributed by atoms with van der Waals surface area (Å²) in [4.78, 5) is 14.0. The van der Waals surface area contributed by atoms with Gasteiger partial charge in [0.25, 0.3) is 5.91 Å². The summed E-state index contributed by atoms with van der Waals surface area (Å²) in [5.74, 6) is 1.11. The third kappa shape index (κ3) is 2.93. The summed E-state index contributed by atoms with van der Waals surface area (Å²) in [6.45, 7) is 4.01. The number of hydrogen-bond acceptors (Lipinski definition) is 4. The number of rotatable bonds is 4. The van der Waals surface area contributed by atoms with E-state index in [-0.39, 0.29) is 5.91 Å². The van der Waals surface area contributed by atoms with E-state index in [0.29, 0.717) is 22.1 Å². The highest BCUT2D eigenvalue weighted by molar-refractivity contribution is 7.14. The van der Waals surface area contributed by atoms with Crippen LogP contribution in [-0.2, 0) is 0 Å². The Labute approximate surface area is 122 Å². The van der Waals surface area contributed by atoms with Gasteiger partial charge in [0.15, 0.2) is 11.5 Å². The van der Waals surface area contributed by atoms with Gasteiger partial charge in [-0.05, 0) is 37.6 Å². The first-order valence-corrected chi connectivity index (χ1v) is 6.97. The number of ether oxygens (including phenoxy) is 2. The Hall–Kier alpha value is -2.01. The van der Waals surface area contributed by atoms with Crippen LogP contribution in [0.15, 0.2) is 24.3 Å². The lowest BCUT2D eigenvalue weighted by atomic mass is 10.2. The van der Waals surface area contributed by atoms with Crippen LogP contribution >= 0.6 is 11.3 Å². The molecule has 1 heterocycles. The summed E-state index contributed by atoms with van der Waals surface area (Å²) < 4.78 is 10.4. The monoisotopic (exact) mass is 291 g/mol. The van der Waals surface area contributed by atoms with Gasteiger partial charge in [-0.2, -0.15) is 0 Å². The van der Waals surface area contributed by atoms with E-state index < -0.39 is 0 Å². The van der Waals surface area contributed by atoms with Crippen molar-refractivity contribution >= 4 is 22.9 Å². The molecule has 4 nitrogen and oxygen atoms in total. The topological polar surface area (TPSA) is 47.6 Å². The number of methoxy groups -OCH3 is 2. The zero-order valence-electron chi connectivity index (χ0n) is 11.9. The molecule has 0 bridgehead atoms. The minimum absolute atomic E-state index is 0.113. The number of anilines is 1. The molecule has 0 fully saturated rings. The van der Waals surface area contributed by atoms with Crippen LogP contribution in [-0.4, -0.2) is 20.1 Å². The van der Waals surface area contributed by atoms with Gasteiger partial charge in [0.1, 0.15) is 0 Å². The van der Waals surface area contributed by atoms with Crippen molar-refractivity contribution < 1.29 is 14.3 Å². The molecule has 0 saturated carbocycles. The molecular formula is C15H17NO3S. The van der Waals surface area contributed by atoms with Gasteiger partial charge in [-0.15, -0.1) is 11.3 Å². The maximum Gasteiger partial charge on any atom is 0.265 e. The molecule has 0 unspecified atom stereocenters. The van der Waals surface area contributed by atoms with E-state index in [0.717, 1.165) is 10.4 Å². The zero-order chi connectivity index (χ0) is 14.7. The predicted molar refractivity (Wildman–Crippen MR) is 81.3 cm³/mol. The number of amides is 1. The van der Waals surface area contributed by atoms with Crippen LogP contribution in [0.4, 0.5) is 5.69 Å². The van der Waals surface area contributed by atoms with Gasteiger partial charge in [0.2, 0.25) is 0 Å². The molecule has 1 N–H and O–H groups in total. The summed E-state index contributed by atoms with van der Waals surface area (Å²) in [5.41, 5.74) is 1.81. The van der Waals surface area contributed by atoms with E-state index in [9.17, 15) is 4.79 Å². The maximum atomic E-state index is 12.2. The van der Waals surface area contributed by atoms with Crippen molar-refractivity contribution in [2.45, 2.75) is 13.8 Å². The average Bonchev–Trinajstić information content (AvgIpc) is 2.78. The second-order valence-electron chi connectivity index (χ2n) is 4.37. The first-order chi connectivity index (χ1) is 9.55. The van der Waals surface area contributed by atoms with E-state index >= 15 is 0 Å². The fourth-order valence-corrected chi connectivity index (χ4v) is 2.72. The van der Waals surface area contributed by atoms with Gasteiger partial charge in [0.05, 0.1) is 19.1 Å². The Morgan fingerprint density at radius 2 is 1.80 bits per heavy atom. The molecule has 0 aliphatic heterocycles. The molecule has 2 rings (SSSR count). The quantitative estimate of drug-likeness (QED) is 0.935. The van der Waals surface area contributed by atoms with E-state index in [1.165, 1.54) is 11.3 Å². The van der Waals surface area contributed by atoms with E-state index in [1.54, 1.807) is 32.4 Å². The summed E-state index contributed by atoms with van der Waals surface area (Å²) in [6.07, 6.45) is 0. The number of hydrogen-bond donors (Lipinski definition) is 1. The standard InChI is InChI=1S/C15H17NO3S/c1-9-7-14(20-10(9)2)15(17)16-11-5-6-12(18-3)13(8-11)19-4/h5-8H,1-4H3,(H,16,17). The Balaban J connectivity index is 2.19. The van der Waals surface area contributed by atoms with Gasteiger partial charge < -0.3 is 14.8 Å². The summed E-state index contributed by atoms with van der Waals surface area (Å²) in [7, 11) is 3.14. The molecule has 0 saturated heterocycles. The van der Waals surface area contributed by atoms with Crippen LogP contribution in [0.2, 0.25) is 0 Å².